The predicted molar refractivity (Wildman–Crippen MR) is 133 cm³/mol. The number of carbonyl (C=O) groups is 2. The molecule has 2 saturated carbocycles. The van der Waals surface area contributed by atoms with Crippen molar-refractivity contribution in [2.45, 2.75) is 83.9 Å². The summed E-state index contributed by atoms with van der Waals surface area (Å²) in [6, 6.07) is 0.765. The molecule has 8 nitrogen and oxygen atoms in total. The third kappa shape index (κ3) is 5.51. The minimum absolute atomic E-state index is 0.234. The number of methoxy groups -OCH3 is 1. The van der Waals surface area contributed by atoms with Crippen LogP contribution >= 0.6 is 0 Å². The molecule has 0 saturated heterocycles. The maximum absolute atomic E-state index is 13.6. The Kier molecular flexibility index (Phi) is 6.88. The van der Waals surface area contributed by atoms with Gasteiger partial charge in [-0.2, -0.15) is 0 Å². The number of rotatable bonds is 11. The van der Waals surface area contributed by atoms with Crippen LogP contribution in [-0.2, 0) is 21.0 Å². The summed E-state index contributed by atoms with van der Waals surface area (Å²) in [7, 11) is 0.197. The van der Waals surface area contributed by atoms with Crippen molar-refractivity contribution >= 4 is 31.1 Å². The monoisotopic (exact) mass is 486 g/mol. The molecule has 0 bridgehead atoms. The lowest BCUT2D eigenvalue weighted by Crippen LogP contribution is -2.50. The van der Waals surface area contributed by atoms with Gasteiger partial charge in [0.1, 0.15) is 12.2 Å². The van der Waals surface area contributed by atoms with Gasteiger partial charge in [-0.25, -0.2) is 9.97 Å². The second-order valence-electron chi connectivity index (χ2n) is 11.6. The molecule has 0 radical (unpaired) electrons. The largest absolute Gasteiger partial charge is 0.469 e. The van der Waals surface area contributed by atoms with Crippen LogP contribution in [0.1, 0.15) is 61.5 Å². The summed E-state index contributed by atoms with van der Waals surface area (Å²) in [5.74, 6) is 0.145. The summed E-state index contributed by atoms with van der Waals surface area (Å²) in [5, 5.41) is 3.15. The average Bonchev–Trinajstić information content (AvgIpc) is 3.70. The highest BCUT2D eigenvalue weighted by molar-refractivity contribution is 6.76. The highest BCUT2D eigenvalue weighted by atomic mass is 28.3. The summed E-state index contributed by atoms with van der Waals surface area (Å²) in [6.07, 6.45) is 7.82. The number of fused-ring (bicyclic) bond motifs is 1. The van der Waals surface area contributed by atoms with Crippen molar-refractivity contribution < 1.29 is 19.1 Å². The Hall–Kier alpha value is -2.26. The Morgan fingerprint density at radius 2 is 1.94 bits per heavy atom. The van der Waals surface area contributed by atoms with Gasteiger partial charge < -0.3 is 19.4 Å². The van der Waals surface area contributed by atoms with E-state index >= 15 is 0 Å². The first-order valence-electron chi connectivity index (χ1n) is 12.3. The lowest BCUT2D eigenvalue weighted by atomic mass is 9.81. The zero-order chi connectivity index (χ0) is 24.7. The molecular formula is C25H38N4O4Si. The summed E-state index contributed by atoms with van der Waals surface area (Å²) >= 11 is 0. The molecule has 0 aliphatic heterocycles. The van der Waals surface area contributed by atoms with Crippen LogP contribution in [0.2, 0.25) is 25.7 Å². The first-order chi connectivity index (χ1) is 16.0. The van der Waals surface area contributed by atoms with Crippen molar-refractivity contribution in [1.29, 1.82) is 0 Å². The fraction of sp³-hybridized carbons (Fsp3) is 0.680. The summed E-state index contributed by atoms with van der Waals surface area (Å²) in [4.78, 5) is 35.5. The van der Waals surface area contributed by atoms with Crippen LogP contribution in [0.25, 0.3) is 11.2 Å². The molecule has 2 aliphatic rings. The van der Waals surface area contributed by atoms with Gasteiger partial charge >= 0.3 is 5.97 Å². The molecular weight excluding hydrogens is 448 g/mol. The number of nitrogens with one attached hydrogen (secondary N) is 1. The molecule has 9 heteroatoms. The molecule has 1 amide bonds. The molecule has 34 heavy (non-hydrogen) atoms. The van der Waals surface area contributed by atoms with Crippen LogP contribution in [0.15, 0.2) is 12.4 Å². The fourth-order valence-electron chi connectivity index (χ4n) is 4.37. The second kappa shape index (κ2) is 9.41. The van der Waals surface area contributed by atoms with Gasteiger partial charge in [0.25, 0.3) is 5.91 Å². The van der Waals surface area contributed by atoms with E-state index in [1.165, 1.54) is 7.11 Å². The van der Waals surface area contributed by atoms with Crippen molar-refractivity contribution in [2.24, 2.45) is 11.3 Å². The summed E-state index contributed by atoms with van der Waals surface area (Å²) in [6.45, 7) is 11.6. The van der Waals surface area contributed by atoms with E-state index in [0.29, 0.717) is 36.0 Å². The van der Waals surface area contributed by atoms with Crippen molar-refractivity contribution in [3.05, 3.63) is 23.7 Å². The molecule has 2 fully saturated rings. The highest BCUT2D eigenvalue weighted by Gasteiger charge is 2.47. The normalized spacial score (nSPS) is 17.6. The molecule has 0 aromatic carbocycles. The molecule has 1 atom stereocenters. The van der Waals surface area contributed by atoms with Gasteiger partial charge in [0.05, 0.1) is 30.0 Å². The Morgan fingerprint density at radius 3 is 2.53 bits per heavy atom. The Balaban J connectivity index is 1.60. The number of ether oxygens (including phenoxy) is 2. The van der Waals surface area contributed by atoms with Crippen LogP contribution in [0.4, 0.5) is 0 Å². The molecule has 186 valence electrons. The zero-order valence-electron chi connectivity index (χ0n) is 21.3. The standard InChI is InChI=1S/C25H38N4O4Si/c1-25(2,24(31)32-3)21(17-9-10-17)28-23(30)18-14-29(15-33-11-12-34(4,5)6)22-20(18)27-19(13-26-22)16-7-8-16/h13-14,16-17,21H,7-12,15H2,1-6H3,(H,28,30). The minimum Gasteiger partial charge on any atom is -0.469 e. The Bertz CT molecular complexity index is 1070. The smallest absolute Gasteiger partial charge is 0.313 e. The van der Waals surface area contributed by atoms with Crippen LogP contribution < -0.4 is 5.32 Å². The number of nitrogens with zero attached hydrogens (tertiary/aromatic N) is 3. The van der Waals surface area contributed by atoms with E-state index in [4.69, 9.17) is 14.5 Å². The maximum atomic E-state index is 13.6. The van der Waals surface area contributed by atoms with Gasteiger partial charge in [-0.1, -0.05) is 19.6 Å². The van der Waals surface area contributed by atoms with E-state index in [-0.39, 0.29) is 23.8 Å². The van der Waals surface area contributed by atoms with E-state index in [1.807, 2.05) is 24.6 Å². The van der Waals surface area contributed by atoms with E-state index in [1.54, 1.807) is 6.20 Å². The van der Waals surface area contributed by atoms with E-state index in [9.17, 15) is 9.59 Å². The van der Waals surface area contributed by atoms with Crippen molar-refractivity contribution in [1.82, 2.24) is 19.9 Å². The first kappa shape index (κ1) is 24.8. The van der Waals surface area contributed by atoms with E-state index < -0.39 is 13.5 Å². The summed E-state index contributed by atoms with van der Waals surface area (Å²) < 4.78 is 12.9. The molecule has 4 rings (SSSR count). The van der Waals surface area contributed by atoms with E-state index in [2.05, 4.69) is 29.9 Å². The SMILES string of the molecule is COC(=O)C(C)(C)C(NC(=O)c1cn(COCC[Si](C)(C)C)c2ncc(C3CC3)nc12)C1CC1. The van der Waals surface area contributed by atoms with Crippen molar-refractivity contribution in [2.75, 3.05) is 13.7 Å². The van der Waals surface area contributed by atoms with Crippen LogP contribution in [0.5, 0.6) is 0 Å². The van der Waals surface area contributed by atoms with Gasteiger partial charge in [0.2, 0.25) is 0 Å². The molecule has 1 N–H and O–H groups in total. The summed E-state index contributed by atoms with van der Waals surface area (Å²) in [5.41, 5.74) is 1.84. The van der Waals surface area contributed by atoms with E-state index in [0.717, 1.165) is 37.4 Å². The first-order valence-corrected chi connectivity index (χ1v) is 16.0. The molecule has 2 aromatic heterocycles. The Labute approximate surface area is 202 Å². The topological polar surface area (TPSA) is 95.3 Å². The number of carbonyl (C=O) groups excluding carboxylic acids is 2. The lowest BCUT2D eigenvalue weighted by Gasteiger charge is -2.32. The van der Waals surface area contributed by atoms with Crippen molar-refractivity contribution in [3.8, 4) is 0 Å². The number of hydrogen-bond acceptors (Lipinski definition) is 6. The molecule has 2 aromatic rings. The van der Waals surface area contributed by atoms with Crippen LogP contribution in [0.3, 0.4) is 0 Å². The van der Waals surface area contributed by atoms with Gasteiger partial charge in [-0.05, 0) is 51.5 Å². The molecule has 0 spiro atoms. The maximum Gasteiger partial charge on any atom is 0.313 e. The third-order valence-electron chi connectivity index (χ3n) is 6.92. The molecule has 2 heterocycles. The number of esters is 1. The molecule has 1 unspecified atom stereocenters. The van der Waals surface area contributed by atoms with Crippen molar-refractivity contribution in [3.63, 3.8) is 0 Å². The fourth-order valence-corrected chi connectivity index (χ4v) is 5.13. The second-order valence-corrected chi connectivity index (χ2v) is 17.2. The minimum atomic E-state index is -1.19. The quantitative estimate of drug-likeness (QED) is 0.289. The highest BCUT2D eigenvalue weighted by Crippen LogP contribution is 2.42. The number of hydrogen-bond donors (Lipinski definition) is 1. The number of aromatic nitrogens is 3. The van der Waals surface area contributed by atoms with Gasteiger partial charge in [-0.15, -0.1) is 0 Å². The van der Waals surface area contributed by atoms with Crippen LogP contribution in [0, 0.1) is 11.3 Å². The van der Waals surface area contributed by atoms with Crippen LogP contribution in [-0.4, -0.2) is 54.2 Å². The zero-order valence-corrected chi connectivity index (χ0v) is 22.3. The predicted octanol–water partition coefficient (Wildman–Crippen LogP) is 4.33. The van der Waals surface area contributed by atoms with Gasteiger partial charge in [-0.3, -0.25) is 9.59 Å². The van der Waals surface area contributed by atoms with Gasteiger partial charge in [0.15, 0.2) is 5.65 Å². The lowest BCUT2D eigenvalue weighted by molar-refractivity contribution is -0.152. The average molecular weight is 487 g/mol. The van der Waals surface area contributed by atoms with Gasteiger partial charge in [0, 0.05) is 32.8 Å². The third-order valence-corrected chi connectivity index (χ3v) is 8.62. The Morgan fingerprint density at radius 1 is 1.24 bits per heavy atom. The number of amides is 1. The molecule has 2 aliphatic carbocycles.